The van der Waals surface area contributed by atoms with Gasteiger partial charge in [0, 0.05) is 6.42 Å². The van der Waals surface area contributed by atoms with Crippen LogP contribution in [0.5, 0.6) is 0 Å². The normalized spacial score (nSPS) is 43.8. The van der Waals surface area contributed by atoms with Gasteiger partial charge >= 0.3 is 0 Å². The molecule has 2 aliphatic rings. The molecule has 0 aromatic carbocycles. The van der Waals surface area contributed by atoms with Gasteiger partial charge in [-0.3, -0.25) is 0 Å². The first-order chi connectivity index (χ1) is 6.23. The zero-order valence-electron chi connectivity index (χ0n) is 8.71. The van der Waals surface area contributed by atoms with E-state index < -0.39 is 0 Å². The zero-order valence-corrected chi connectivity index (χ0v) is 8.71. The Labute approximate surface area is 80.6 Å². The number of fused-ring (bicyclic) bond motifs is 2. The Balaban J connectivity index is 1.92. The van der Waals surface area contributed by atoms with Gasteiger partial charge < -0.3 is 9.47 Å². The molecule has 0 radical (unpaired) electrons. The summed E-state index contributed by atoms with van der Waals surface area (Å²) < 4.78 is 11.8. The van der Waals surface area contributed by atoms with E-state index in [0.717, 1.165) is 6.42 Å². The highest BCUT2D eigenvalue weighted by Gasteiger charge is 2.46. The van der Waals surface area contributed by atoms with Crippen LogP contribution in [-0.2, 0) is 9.47 Å². The number of hydrogen-bond donors (Lipinski definition) is 0. The van der Waals surface area contributed by atoms with Crippen LogP contribution in [0.3, 0.4) is 0 Å². The first kappa shape index (κ1) is 9.47. The van der Waals surface area contributed by atoms with Crippen LogP contribution in [0.15, 0.2) is 0 Å². The Bertz CT molecular complexity index is 181. The maximum absolute atomic E-state index is 5.95. The second kappa shape index (κ2) is 3.58. The van der Waals surface area contributed by atoms with Gasteiger partial charge in [0.2, 0.25) is 0 Å². The van der Waals surface area contributed by atoms with E-state index in [1.807, 2.05) is 0 Å². The molecule has 76 valence electrons. The average molecular weight is 184 g/mol. The molecule has 0 unspecified atom stereocenters. The summed E-state index contributed by atoms with van der Waals surface area (Å²) in [6.45, 7) is 4.31. The molecule has 0 spiro atoms. The summed E-state index contributed by atoms with van der Waals surface area (Å²) in [6, 6.07) is 0. The molecule has 0 N–H and O–H groups in total. The predicted octanol–water partition coefficient (Wildman–Crippen LogP) is 2.86. The van der Waals surface area contributed by atoms with Crippen LogP contribution in [0.2, 0.25) is 0 Å². The van der Waals surface area contributed by atoms with Crippen molar-refractivity contribution in [3.8, 4) is 0 Å². The maximum Gasteiger partial charge on any atom is 0.166 e. The maximum atomic E-state index is 5.95. The largest absolute Gasteiger partial charge is 0.344 e. The fraction of sp³-hybridized carbons (Fsp3) is 1.00. The highest BCUT2D eigenvalue weighted by molar-refractivity contribution is 4.87. The van der Waals surface area contributed by atoms with E-state index in [1.165, 1.54) is 32.1 Å². The summed E-state index contributed by atoms with van der Waals surface area (Å²) in [5.74, 6) is -0.235. The molecular weight excluding hydrogens is 164 g/mol. The first-order valence-electron chi connectivity index (χ1n) is 5.59. The number of rotatable bonds is 3. The molecule has 2 heteroatoms. The van der Waals surface area contributed by atoms with Crippen LogP contribution >= 0.6 is 0 Å². The van der Waals surface area contributed by atoms with Gasteiger partial charge in [-0.15, -0.1) is 0 Å². The molecule has 2 fully saturated rings. The smallest absolute Gasteiger partial charge is 0.166 e. The molecular formula is C11H20O2. The van der Waals surface area contributed by atoms with Crippen LogP contribution in [0.25, 0.3) is 0 Å². The lowest BCUT2D eigenvalue weighted by molar-refractivity contribution is -0.179. The van der Waals surface area contributed by atoms with E-state index in [2.05, 4.69) is 13.8 Å². The fourth-order valence-electron chi connectivity index (χ4n) is 2.46. The van der Waals surface area contributed by atoms with Gasteiger partial charge in [0.15, 0.2) is 5.79 Å². The van der Waals surface area contributed by atoms with Crippen molar-refractivity contribution in [2.75, 3.05) is 0 Å². The third-order valence-electron chi connectivity index (χ3n) is 3.18. The molecule has 2 nitrogen and oxygen atoms in total. The molecule has 2 aliphatic heterocycles. The minimum absolute atomic E-state index is 0.235. The van der Waals surface area contributed by atoms with Crippen molar-refractivity contribution in [2.45, 2.75) is 70.4 Å². The topological polar surface area (TPSA) is 18.5 Å². The fourth-order valence-corrected chi connectivity index (χ4v) is 2.46. The summed E-state index contributed by atoms with van der Waals surface area (Å²) in [5.41, 5.74) is 0. The van der Waals surface area contributed by atoms with Crippen molar-refractivity contribution < 1.29 is 9.47 Å². The lowest BCUT2D eigenvalue weighted by atomic mass is 10.0. The van der Waals surface area contributed by atoms with Crippen molar-refractivity contribution in [3.05, 3.63) is 0 Å². The lowest BCUT2D eigenvalue weighted by Gasteiger charge is -2.26. The molecule has 2 rings (SSSR count). The minimum atomic E-state index is -0.235. The Morgan fingerprint density at radius 3 is 2.92 bits per heavy atom. The summed E-state index contributed by atoms with van der Waals surface area (Å²) in [4.78, 5) is 0. The van der Waals surface area contributed by atoms with Crippen LogP contribution in [0.4, 0.5) is 0 Å². The SMILES string of the molecule is CCCC[C@H]1O[C@]2(C)CCC[C@H]1O2. The van der Waals surface area contributed by atoms with E-state index in [9.17, 15) is 0 Å². The second-order valence-electron chi connectivity index (χ2n) is 4.48. The second-order valence-corrected chi connectivity index (χ2v) is 4.48. The minimum Gasteiger partial charge on any atom is -0.344 e. The first-order valence-corrected chi connectivity index (χ1v) is 5.59. The Hall–Kier alpha value is -0.0800. The van der Waals surface area contributed by atoms with Crippen molar-refractivity contribution in [1.29, 1.82) is 0 Å². The van der Waals surface area contributed by atoms with Crippen LogP contribution in [0, 0.1) is 0 Å². The highest BCUT2D eigenvalue weighted by Crippen LogP contribution is 2.40. The summed E-state index contributed by atoms with van der Waals surface area (Å²) in [7, 11) is 0. The molecule has 2 heterocycles. The quantitative estimate of drug-likeness (QED) is 0.671. The third-order valence-corrected chi connectivity index (χ3v) is 3.18. The molecule has 2 saturated heterocycles. The molecule has 0 amide bonds. The van der Waals surface area contributed by atoms with Gasteiger partial charge in [-0.2, -0.15) is 0 Å². The van der Waals surface area contributed by atoms with Crippen molar-refractivity contribution in [2.24, 2.45) is 0 Å². The molecule has 2 bridgehead atoms. The van der Waals surface area contributed by atoms with Gasteiger partial charge in [-0.1, -0.05) is 19.8 Å². The predicted molar refractivity (Wildman–Crippen MR) is 51.5 cm³/mol. The molecule has 0 aromatic heterocycles. The van der Waals surface area contributed by atoms with Gasteiger partial charge in [0.05, 0.1) is 12.2 Å². The van der Waals surface area contributed by atoms with Crippen molar-refractivity contribution in [1.82, 2.24) is 0 Å². The lowest BCUT2D eigenvalue weighted by Crippen LogP contribution is -2.30. The molecule has 13 heavy (non-hydrogen) atoms. The van der Waals surface area contributed by atoms with E-state index in [-0.39, 0.29) is 5.79 Å². The monoisotopic (exact) mass is 184 g/mol. The highest BCUT2D eigenvalue weighted by atomic mass is 16.8. The molecule has 0 saturated carbocycles. The van der Waals surface area contributed by atoms with Crippen molar-refractivity contribution in [3.63, 3.8) is 0 Å². The van der Waals surface area contributed by atoms with Gasteiger partial charge in [-0.05, 0) is 26.2 Å². The van der Waals surface area contributed by atoms with E-state index in [0.29, 0.717) is 12.2 Å². The van der Waals surface area contributed by atoms with E-state index in [4.69, 9.17) is 9.47 Å². The van der Waals surface area contributed by atoms with Gasteiger partial charge in [0.1, 0.15) is 0 Å². The average Bonchev–Trinajstić information content (AvgIpc) is 2.33. The van der Waals surface area contributed by atoms with E-state index >= 15 is 0 Å². The summed E-state index contributed by atoms with van der Waals surface area (Å²) >= 11 is 0. The number of ether oxygens (including phenoxy) is 2. The number of hydrogen-bond acceptors (Lipinski definition) is 2. The van der Waals surface area contributed by atoms with Crippen molar-refractivity contribution >= 4 is 0 Å². The summed E-state index contributed by atoms with van der Waals surface area (Å²) in [5, 5.41) is 0. The Kier molecular flexibility index (Phi) is 2.61. The van der Waals surface area contributed by atoms with E-state index in [1.54, 1.807) is 0 Å². The molecule has 0 aliphatic carbocycles. The number of unbranched alkanes of at least 4 members (excludes halogenated alkanes) is 1. The Morgan fingerprint density at radius 1 is 1.38 bits per heavy atom. The standard InChI is InChI=1S/C11H20O2/c1-3-4-6-9-10-7-5-8-11(2,12-9)13-10/h9-10H,3-8H2,1-2H3/t9-,10-,11+/m1/s1. The third kappa shape index (κ3) is 1.89. The van der Waals surface area contributed by atoms with Gasteiger partial charge in [-0.25, -0.2) is 0 Å². The van der Waals surface area contributed by atoms with Crippen LogP contribution in [0.1, 0.15) is 52.4 Å². The zero-order chi connectivity index (χ0) is 9.31. The van der Waals surface area contributed by atoms with Crippen LogP contribution in [-0.4, -0.2) is 18.0 Å². The molecule has 3 atom stereocenters. The van der Waals surface area contributed by atoms with Crippen LogP contribution < -0.4 is 0 Å². The molecule has 0 aromatic rings. The summed E-state index contributed by atoms with van der Waals surface area (Å²) in [6.07, 6.45) is 8.01. The Morgan fingerprint density at radius 2 is 2.23 bits per heavy atom. The van der Waals surface area contributed by atoms with Gasteiger partial charge in [0.25, 0.3) is 0 Å².